The van der Waals surface area contributed by atoms with Gasteiger partial charge in [-0.05, 0) is 37.5 Å². The first-order valence-corrected chi connectivity index (χ1v) is 6.66. The Morgan fingerprint density at radius 2 is 2.00 bits per heavy atom. The highest BCUT2D eigenvalue weighted by molar-refractivity contribution is 5.78. The molecule has 6 heteroatoms. The molecule has 0 spiro atoms. The van der Waals surface area contributed by atoms with Gasteiger partial charge >= 0.3 is 0 Å². The van der Waals surface area contributed by atoms with E-state index >= 15 is 0 Å². The third-order valence-electron chi connectivity index (χ3n) is 3.50. The van der Waals surface area contributed by atoms with E-state index in [4.69, 9.17) is 5.73 Å². The van der Waals surface area contributed by atoms with Crippen LogP contribution in [-0.2, 0) is 0 Å². The third kappa shape index (κ3) is 3.23. The molecule has 1 fully saturated rings. The standard InChI is InChI=1S/C14H18F3N3/c1-3-7(2)19-14(18)20-12-6-9(12)8-4-10(15)13(17)11(16)5-8/h4-5,7,9,12H,3,6H2,1-2H3,(H3,18,19,20)/t7?,9-,12+/m0/s1. The molecule has 110 valence electrons. The lowest BCUT2D eigenvalue weighted by atomic mass is 10.1. The first-order valence-electron chi connectivity index (χ1n) is 6.66. The Labute approximate surface area is 116 Å². The number of nitrogens with two attached hydrogens (primary N) is 1. The van der Waals surface area contributed by atoms with Crippen molar-refractivity contribution in [3.63, 3.8) is 0 Å². The number of benzene rings is 1. The molecule has 0 amide bonds. The van der Waals surface area contributed by atoms with Gasteiger partial charge in [0.05, 0.1) is 6.04 Å². The van der Waals surface area contributed by atoms with Crippen molar-refractivity contribution in [1.82, 2.24) is 5.32 Å². The summed E-state index contributed by atoms with van der Waals surface area (Å²) in [5, 5.41) is 3.02. The van der Waals surface area contributed by atoms with Gasteiger partial charge in [-0.25, -0.2) is 18.2 Å². The van der Waals surface area contributed by atoms with Crippen LogP contribution in [0.2, 0.25) is 0 Å². The number of halogens is 3. The fourth-order valence-corrected chi connectivity index (χ4v) is 2.04. The summed E-state index contributed by atoms with van der Waals surface area (Å²) >= 11 is 0. The zero-order valence-electron chi connectivity index (χ0n) is 11.5. The van der Waals surface area contributed by atoms with E-state index in [0.717, 1.165) is 18.6 Å². The number of rotatable bonds is 4. The second kappa shape index (κ2) is 5.73. The van der Waals surface area contributed by atoms with Crippen molar-refractivity contribution in [2.24, 2.45) is 10.7 Å². The maximum atomic E-state index is 13.1. The summed E-state index contributed by atoms with van der Waals surface area (Å²) < 4.78 is 39.2. The second-order valence-corrected chi connectivity index (χ2v) is 5.18. The Kier molecular flexibility index (Phi) is 4.20. The lowest BCUT2D eigenvalue weighted by molar-refractivity contribution is 0.445. The van der Waals surface area contributed by atoms with E-state index in [0.29, 0.717) is 17.9 Å². The van der Waals surface area contributed by atoms with Crippen LogP contribution in [0.4, 0.5) is 13.2 Å². The number of hydrogen-bond donors (Lipinski definition) is 2. The molecule has 1 aromatic carbocycles. The molecule has 0 saturated heterocycles. The third-order valence-corrected chi connectivity index (χ3v) is 3.50. The number of guanidine groups is 1. The van der Waals surface area contributed by atoms with E-state index < -0.39 is 17.5 Å². The van der Waals surface area contributed by atoms with Gasteiger partial charge in [0.1, 0.15) is 0 Å². The highest BCUT2D eigenvalue weighted by Crippen LogP contribution is 2.44. The molecule has 0 heterocycles. The van der Waals surface area contributed by atoms with Gasteiger partial charge in [-0.2, -0.15) is 0 Å². The first-order chi connectivity index (χ1) is 9.42. The average molecular weight is 285 g/mol. The molecule has 1 aliphatic rings. The predicted molar refractivity (Wildman–Crippen MR) is 72.0 cm³/mol. The molecule has 0 radical (unpaired) electrons. The highest BCUT2D eigenvalue weighted by Gasteiger charge is 2.39. The van der Waals surface area contributed by atoms with E-state index in [1.54, 1.807) is 0 Å². The number of nitrogens with one attached hydrogen (secondary N) is 1. The first kappa shape index (κ1) is 14.7. The molecule has 0 aliphatic heterocycles. The van der Waals surface area contributed by atoms with Gasteiger partial charge in [-0.3, -0.25) is 0 Å². The van der Waals surface area contributed by atoms with Gasteiger partial charge in [0.15, 0.2) is 23.4 Å². The summed E-state index contributed by atoms with van der Waals surface area (Å²) in [6, 6.07) is 2.17. The van der Waals surface area contributed by atoms with Crippen molar-refractivity contribution >= 4 is 5.96 Å². The van der Waals surface area contributed by atoms with Gasteiger partial charge < -0.3 is 11.1 Å². The van der Waals surface area contributed by atoms with Crippen LogP contribution in [0.15, 0.2) is 17.1 Å². The topological polar surface area (TPSA) is 50.4 Å². The maximum absolute atomic E-state index is 13.1. The molecular formula is C14H18F3N3. The molecule has 2 rings (SSSR count). The molecule has 0 bridgehead atoms. The second-order valence-electron chi connectivity index (χ2n) is 5.18. The van der Waals surface area contributed by atoms with Crippen molar-refractivity contribution in [1.29, 1.82) is 0 Å². The Morgan fingerprint density at radius 1 is 1.40 bits per heavy atom. The van der Waals surface area contributed by atoms with E-state index in [1.807, 2.05) is 13.8 Å². The van der Waals surface area contributed by atoms with Crippen molar-refractivity contribution in [3.05, 3.63) is 35.1 Å². The van der Waals surface area contributed by atoms with Crippen LogP contribution in [-0.4, -0.2) is 18.0 Å². The zero-order valence-corrected chi connectivity index (χ0v) is 11.5. The van der Waals surface area contributed by atoms with Crippen molar-refractivity contribution in [3.8, 4) is 0 Å². The quantitative estimate of drug-likeness (QED) is 0.507. The monoisotopic (exact) mass is 285 g/mol. The molecule has 3 nitrogen and oxygen atoms in total. The minimum Gasteiger partial charge on any atom is -0.370 e. The lowest BCUT2D eigenvalue weighted by Crippen LogP contribution is -2.38. The Hall–Kier alpha value is -1.72. The van der Waals surface area contributed by atoms with Crippen molar-refractivity contribution in [2.45, 2.75) is 44.7 Å². The molecule has 3 atom stereocenters. The van der Waals surface area contributed by atoms with Crippen LogP contribution >= 0.6 is 0 Å². The fraction of sp³-hybridized carbons (Fsp3) is 0.500. The summed E-state index contributed by atoms with van der Waals surface area (Å²) in [6.45, 7) is 4.01. The smallest absolute Gasteiger partial charge is 0.194 e. The van der Waals surface area contributed by atoms with Crippen LogP contribution in [0, 0.1) is 17.5 Å². The Morgan fingerprint density at radius 3 is 2.55 bits per heavy atom. The van der Waals surface area contributed by atoms with Gasteiger partial charge in [0, 0.05) is 12.0 Å². The maximum Gasteiger partial charge on any atom is 0.194 e. The number of aliphatic imine (C=N–C) groups is 1. The minimum absolute atomic E-state index is 0.100. The minimum atomic E-state index is -1.44. The zero-order chi connectivity index (χ0) is 14.9. The van der Waals surface area contributed by atoms with Crippen molar-refractivity contribution < 1.29 is 13.2 Å². The van der Waals surface area contributed by atoms with Gasteiger partial charge in [-0.15, -0.1) is 0 Å². The van der Waals surface area contributed by atoms with Gasteiger partial charge in [0.2, 0.25) is 0 Å². The predicted octanol–water partition coefficient (Wildman–Crippen LogP) is 2.66. The Bertz CT molecular complexity index is 507. The van der Waals surface area contributed by atoms with E-state index in [-0.39, 0.29) is 18.0 Å². The van der Waals surface area contributed by atoms with Crippen LogP contribution in [0.3, 0.4) is 0 Å². The van der Waals surface area contributed by atoms with Crippen LogP contribution < -0.4 is 11.1 Å². The summed E-state index contributed by atoms with van der Waals surface area (Å²) in [5.74, 6) is -3.54. The van der Waals surface area contributed by atoms with Crippen LogP contribution in [0.25, 0.3) is 0 Å². The normalized spacial score (nSPS) is 23.6. The summed E-state index contributed by atoms with van der Waals surface area (Å²) in [5.41, 5.74) is 6.17. The van der Waals surface area contributed by atoms with Gasteiger partial charge in [0.25, 0.3) is 0 Å². The average Bonchev–Trinajstić information content (AvgIpc) is 3.14. The van der Waals surface area contributed by atoms with Crippen molar-refractivity contribution in [2.75, 3.05) is 0 Å². The molecule has 0 aromatic heterocycles. The molecular weight excluding hydrogens is 267 g/mol. The van der Waals surface area contributed by atoms with Crippen LogP contribution in [0.1, 0.15) is 38.2 Å². The number of hydrogen-bond acceptors (Lipinski definition) is 1. The SMILES string of the molecule is CCC(C)NC(N)=N[C@@H]1C[C@H]1c1cc(F)c(F)c(F)c1. The molecule has 20 heavy (non-hydrogen) atoms. The summed E-state index contributed by atoms with van der Waals surface area (Å²) in [6.07, 6.45) is 1.58. The van der Waals surface area contributed by atoms with Crippen LogP contribution in [0.5, 0.6) is 0 Å². The summed E-state index contributed by atoms with van der Waals surface area (Å²) in [4.78, 5) is 4.26. The number of nitrogens with zero attached hydrogens (tertiary/aromatic N) is 1. The molecule has 1 aliphatic carbocycles. The summed E-state index contributed by atoms with van der Waals surface area (Å²) in [7, 11) is 0. The fourth-order valence-electron chi connectivity index (χ4n) is 2.04. The van der Waals surface area contributed by atoms with E-state index in [2.05, 4.69) is 10.3 Å². The van der Waals surface area contributed by atoms with Gasteiger partial charge in [-0.1, -0.05) is 6.92 Å². The lowest BCUT2D eigenvalue weighted by Gasteiger charge is -2.11. The molecule has 3 N–H and O–H groups in total. The Balaban J connectivity index is 2.03. The molecule has 1 aromatic rings. The van der Waals surface area contributed by atoms with E-state index in [9.17, 15) is 13.2 Å². The highest BCUT2D eigenvalue weighted by atomic mass is 19.2. The largest absolute Gasteiger partial charge is 0.370 e. The molecule has 1 saturated carbocycles. The van der Waals surface area contributed by atoms with E-state index in [1.165, 1.54) is 0 Å². The molecule has 1 unspecified atom stereocenters.